The van der Waals surface area contributed by atoms with Crippen molar-refractivity contribution in [3.8, 4) is 0 Å². The second-order valence-corrected chi connectivity index (χ2v) is 7.15. The van der Waals surface area contributed by atoms with Gasteiger partial charge in [0.05, 0.1) is 5.92 Å². The highest BCUT2D eigenvalue weighted by molar-refractivity contribution is 7.99. The Kier molecular flexibility index (Phi) is 5.03. The second kappa shape index (κ2) is 7.18. The summed E-state index contributed by atoms with van der Waals surface area (Å²) in [6, 6.07) is 10.7. The van der Waals surface area contributed by atoms with Crippen molar-refractivity contribution in [3.05, 3.63) is 30.3 Å². The fourth-order valence-electron chi connectivity index (χ4n) is 2.78. The zero-order valence-corrected chi connectivity index (χ0v) is 13.5. The summed E-state index contributed by atoms with van der Waals surface area (Å²) >= 11 is 1.80. The molecule has 1 aliphatic heterocycles. The molecule has 2 amide bonds. The Labute approximate surface area is 135 Å². The lowest BCUT2D eigenvalue weighted by Crippen LogP contribution is -2.34. The van der Waals surface area contributed by atoms with E-state index < -0.39 is 0 Å². The Bertz CT molecular complexity index is 531. The largest absolute Gasteiger partial charge is 0.356 e. The van der Waals surface area contributed by atoms with Gasteiger partial charge >= 0.3 is 0 Å². The maximum Gasteiger partial charge on any atom is 0.225 e. The highest BCUT2D eigenvalue weighted by Gasteiger charge is 2.41. The van der Waals surface area contributed by atoms with Crippen molar-refractivity contribution >= 4 is 23.6 Å². The molecule has 1 N–H and O–H groups in total. The molecule has 0 bridgehead atoms. The summed E-state index contributed by atoms with van der Waals surface area (Å²) in [6.45, 7) is 1.31. The molecular formula is C17H22N2O2S. The van der Waals surface area contributed by atoms with Crippen LogP contribution in [0.2, 0.25) is 0 Å². The maximum absolute atomic E-state index is 12.1. The van der Waals surface area contributed by atoms with E-state index in [2.05, 4.69) is 17.4 Å². The van der Waals surface area contributed by atoms with E-state index in [1.165, 1.54) is 4.90 Å². The van der Waals surface area contributed by atoms with Gasteiger partial charge in [0.25, 0.3) is 0 Å². The van der Waals surface area contributed by atoms with Crippen molar-refractivity contribution in [1.82, 2.24) is 10.2 Å². The third-order valence-corrected chi connectivity index (χ3v) is 5.25. The number of hydrogen-bond donors (Lipinski definition) is 1. The molecule has 2 fully saturated rings. The van der Waals surface area contributed by atoms with Crippen LogP contribution in [0.4, 0.5) is 0 Å². The lowest BCUT2D eigenvalue weighted by atomic mass is 10.1. The monoisotopic (exact) mass is 318 g/mol. The fourth-order valence-corrected chi connectivity index (χ4v) is 3.66. The molecule has 22 heavy (non-hydrogen) atoms. The van der Waals surface area contributed by atoms with Gasteiger partial charge in [-0.15, -0.1) is 11.8 Å². The molecule has 3 rings (SSSR count). The average Bonchev–Trinajstić information content (AvgIpc) is 3.30. The SMILES string of the molecule is O=C(NCCCSc1ccccc1)C1CC(=O)N(C2CC2)C1. The van der Waals surface area contributed by atoms with Gasteiger partial charge in [-0.05, 0) is 37.1 Å². The summed E-state index contributed by atoms with van der Waals surface area (Å²) < 4.78 is 0. The van der Waals surface area contributed by atoms with E-state index >= 15 is 0 Å². The number of rotatable bonds is 7. The molecule has 1 unspecified atom stereocenters. The number of thioether (sulfide) groups is 1. The third kappa shape index (κ3) is 4.03. The summed E-state index contributed by atoms with van der Waals surface area (Å²) in [5.74, 6) is 1.04. The standard InChI is InChI=1S/C17H22N2O2S/c20-16-11-13(12-19(16)14-7-8-14)17(21)18-9-4-10-22-15-5-2-1-3-6-15/h1-3,5-6,13-14H,4,7-12H2,(H,18,21). The highest BCUT2D eigenvalue weighted by atomic mass is 32.2. The van der Waals surface area contributed by atoms with E-state index in [9.17, 15) is 9.59 Å². The molecule has 1 saturated carbocycles. The molecule has 0 radical (unpaired) electrons. The number of likely N-dealkylation sites (tertiary alicyclic amines) is 1. The predicted octanol–water partition coefficient (Wildman–Crippen LogP) is 2.30. The zero-order valence-electron chi connectivity index (χ0n) is 12.7. The molecular weight excluding hydrogens is 296 g/mol. The second-order valence-electron chi connectivity index (χ2n) is 5.98. The fraction of sp³-hybridized carbons (Fsp3) is 0.529. The van der Waals surface area contributed by atoms with Gasteiger partial charge in [-0.1, -0.05) is 18.2 Å². The molecule has 1 aromatic carbocycles. The van der Waals surface area contributed by atoms with Gasteiger partial charge in [0.1, 0.15) is 0 Å². The highest BCUT2D eigenvalue weighted by Crippen LogP contribution is 2.32. The van der Waals surface area contributed by atoms with E-state index in [1.54, 1.807) is 11.8 Å². The van der Waals surface area contributed by atoms with Crippen molar-refractivity contribution in [3.63, 3.8) is 0 Å². The first kappa shape index (κ1) is 15.4. The Morgan fingerprint density at radius 3 is 2.77 bits per heavy atom. The van der Waals surface area contributed by atoms with Crippen LogP contribution in [0.5, 0.6) is 0 Å². The van der Waals surface area contributed by atoms with Gasteiger partial charge in [-0.3, -0.25) is 9.59 Å². The molecule has 0 spiro atoms. The van der Waals surface area contributed by atoms with Crippen molar-refractivity contribution in [2.45, 2.75) is 36.6 Å². The number of benzene rings is 1. The summed E-state index contributed by atoms with van der Waals surface area (Å²) in [5.41, 5.74) is 0. The van der Waals surface area contributed by atoms with Crippen molar-refractivity contribution < 1.29 is 9.59 Å². The minimum atomic E-state index is -0.144. The number of carbonyl (C=O) groups excluding carboxylic acids is 2. The van der Waals surface area contributed by atoms with Crippen LogP contribution in [0.25, 0.3) is 0 Å². The number of nitrogens with one attached hydrogen (secondary N) is 1. The molecule has 2 aliphatic rings. The van der Waals surface area contributed by atoms with E-state index in [0.29, 0.717) is 25.6 Å². The lowest BCUT2D eigenvalue weighted by molar-refractivity contribution is -0.129. The van der Waals surface area contributed by atoms with Gasteiger partial charge in [0, 0.05) is 30.4 Å². The Balaban J connectivity index is 1.32. The number of amides is 2. The van der Waals surface area contributed by atoms with Gasteiger partial charge in [-0.2, -0.15) is 0 Å². The van der Waals surface area contributed by atoms with Gasteiger partial charge < -0.3 is 10.2 Å². The van der Waals surface area contributed by atoms with E-state index in [0.717, 1.165) is 25.0 Å². The number of carbonyl (C=O) groups is 2. The van der Waals surface area contributed by atoms with Crippen LogP contribution in [-0.4, -0.2) is 41.6 Å². The topological polar surface area (TPSA) is 49.4 Å². The van der Waals surface area contributed by atoms with E-state index in [4.69, 9.17) is 0 Å². The Hall–Kier alpha value is -1.49. The normalized spacial score (nSPS) is 21.2. The average molecular weight is 318 g/mol. The first-order valence-corrected chi connectivity index (χ1v) is 8.97. The molecule has 0 aromatic heterocycles. The van der Waals surface area contributed by atoms with Crippen LogP contribution in [0, 0.1) is 5.92 Å². The van der Waals surface area contributed by atoms with Crippen LogP contribution < -0.4 is 5.32 Å². The van der Waals surface area contributed by atoms with Crippen molar-refractivity contribution in [2.75, 3.05) is 18.8 Å². The summed E-state index contributed by atoms with van der Waals surface area (Å²) in [6.07, 6.45) is 3.55. The summed E-state index contributed by atoms with van der Waals surface area (Å²) in [4.78, 5) is 27.1. The zero-order chi connectivity index (χ0) is 15.4. The Morgan fingerprint density at radius 2 is 2.05 bits per heavy atom. The molecule has 1 aromatic rings. The third-order valence-electron chi connectivity index (χ3n) is 4.15. The van der Waals surface area contributed by atoms with Crippen LogP contribution in [0.15, 0.2) is 35.2 Å². The molecule has 4 nitrogen and oxygen atoms in total. The predicted molar refractivity (Wildman–Crippen MR) is 87.6 cm³/mol. The molecule has 1 aliphatic carbocycles. The molecule has 5 heteroatoms. The quantitative estimate of drug-likeness (QED) is 0.620. The smallest absolute Gasteiger partial charge is 0.225 e. The minimum absolute atomic E-state index is 0.0428. The van der Waals surface area contributed by atoms with Crippen molar-refractivity contribution in [2.24, 2.45) is 5.92 Å². The van der Waals surface area contributed by atoms with Crippen LogP contribution >= 0.6 is 11.8 Å². The van der Waals surface area contributed by atoms with Gasteiger partial charge in [0.2, 0.25) is 11.8 Å². The van der Waals surface area contributed by atoms with Gasteiger partial charge in [0.15, 0.2) is 0 Å². The minimum Gasteiger partial charge on any atom is -0.356 e. The lowest BCUT2D eigenvalue weighted by Gasteiger charge is -2.15. The summed E-state index contributed by atoms with van der Waals surface area (Å²) in [7, 11) is 0. The summed E-state index contributed by atoms with van der Waals surface area (Å²) in [5, 5.41) is 2.98. The Morgan fingerprint density at radius 1 is 1.27 bits per heavy atom. The van der Waals surface area contributed by atoms with E-state index in [1.807, 2.05) is 23.1 Å². The van der Waals surface area contributed by atoms with Gasteiger partial charge in [-0.25, -0.2) is 0 Å². The molecule has 118 valence electrons. The first-order valence-electron chi connectivity index (χ1n) is 7.99. The maximum atomic E-state index is 12.1. The molecule has 1 saturated heterocycles. The first-order chi connectivity index (χ1) is 10.7. The van der Waals surface area contributed by atoms with Crippen molar-refractivity contribution in [1.29, 1.82) is 0 Å². The molecule has 1 atom stereocenters. The van der Waals surface area contributed by atoms with Crippen LogP contribution in [0.3, 0.4) is 0 Å². The van der Waals surface area contributed by atoms with Crippen LogP contribution in [0.1, 0.15) is 25.7 Å². The van der Waals surface area contributed by atoms with Crippen LogP contribution in [-0.2, 0) is 9.59 Å². The number of hydrogen-bond acceptors (Lipinski definition) is 3. The molecule has 1 heterocycles. The van der Waals surface area contributed by atoms with E-state index in [-0.39, 0.29) is 17.7 Å². The number of nitrogens with zero attached hydrogens (tertiary/aromatic N) is 1.